The average molecular weight is 218 g/mol. The van der Waals surface area contributed by atoms with Crippen LogP contribution in [0.2, 0.25) is 10.0 Å². The molecule has 0 fully saturated rings. The molecule has 0 unspecified atom stereocenters. The first-order chi connectivity index (χ1) is 6.08. The molecule has 0 heterocycles. The molecule has 0 saturated heterocycles. The summed E-state index contributed by atoms with van der Waals surface area (Å²) in [6, 6.07) is 5.47. The quantitative estimate of drug-likeness (QED) is 0.806. The molecule has 0 saturated carbocycles. The lowest BCUT2D eigenvalue weighted by Crippen LogP contribution is -2.07. The summed E-state index contributed by atoms with van der Waals surface area (Å²) in [6.45, 7) is 5.23. The Morgan fingerprint density at radius 1 is 1.15 bits per heavy atom. The zero-order valence-electron chi connectivity index (χ0n) is 7.77. The van der Waals surface area contributed by atoms with Gasteiger partial charge in [-0.1, -0.05) is 37.0 Å². The summed E-state index contributed by atoms with van der Waals surface area (Å²) in [7, 11) is 0. The van der Waals surface area contributed by atoms with Gasteiger partial charge in [-0.25, -0.2) is 0 Å². The Hall–Kier alpha value is -0.400. The zero-order valence-corrected chi connectivity index (χ0v) is 9.28. The van der Waals surface area contributed by atoms with E-state index in [-0.39, 0.29) is 0 Å². The van der Waals surface area contributed by atoms with E-state index in [0.717, 1.165) is 12.2 Å². The molecule has 0 radical (unpaired) electrons. The molecule has 1 aromatic carbocycles. The number of hydrogen-bond donors (Lipinski definition) is 1. The number of anilines is 1. The van der Waals surface area contributed by atoms with Gasteiger partial charge in [0.2, 0.25) is 0 Å². The molecule has 0 aliphatic carbocycles. The van der Waals surface area contributed by atoms with E-state index >= 15 is 0 Å². The summed E-state index contributed by atoms with van der Waals surface area (Å²) in [4.78, 5) is 0. The van der Waals surface area contributed by atoms with Crippen LogP contribution >= 0.6 is 23.2 Å². The standard InChI is InChI=1S/C10H13Cl2N/c1-7(2)6-13-10-4-8(11)3-9(12)5-10/h3-5,7,13H,6H2,1-2H3. The van der Waals surface area contributed by atoms with Gasteiger partial charge in [-0.05, 0) is 24.1 Å². The van der Waals surface area contributed by atoms with Crippen LogP contribution in [-0.4, -0.2) is 6.54 Å². The van der Waals surface area contributed by atoms with Gasteiger partial charge in [0.1, 0.15) is 0 Å². The van der Waals surface area contributed by atoms with Gasteiger partial charge in [-0.15, -0.1) is 0 Å². The summed E-state index contributed by atoms with van der Waals surface area (Å²) >= 11 is 11.7. The van der Waals surface area contributed by atoms with Crippen molar-refractivity contribution in [1.82, 2.24) is 0 Å². The second kappa shape index (κ2) is 4.73. The Labute approximate surface area is 89.0 Å². The predicted molar refractivity (Wildman–Crippen MR) is 59.8 cm³/mol. The monoisotopic (exact) mass is 217 g/mol. The maximum absolute atomic E-state index is 5.84. The Balaban J connectivity index is 2.66. The summed E-state index contributed by atoms with van der Waals surface area (Å²) in [6.07, 6.45) is 0. The number of halogens is 2. The van der Waals surface area contributed by atoms with Crippen LogP contribution in [0.3, 0.4) is 0 Å². The molecule has 0 aliphatic heterocycles. The molecule has 3 heteroatoms. The fourth-order valence-electron chi connectivity index (χ4n) is 0.978. The van der Waals surface area contributed by atoms with E-state index in [2.05, 4.69) is 19.2 Å². The van der Waals surface area contributed by atoms with Crippen molar-refractivity contribution in [1.29, 1.82) is 0 Å². The SMILES string of the molecule is CC(C)CNc1cc(Cl)cc(Cl)c1. The van der Waals surface area contributed by atoms with Crippen molar-refractivity contribution < 1.29 is 0 Å². The van der Waals surface area contributed by atoms with E-state index in [1.807, 2.05) is 12.1 Å². The van der Waals surface area contributed by atoms with Gasteiger partial charge < -0.3 is 5.32 Å². The third-order valence-electron chi connectivity index (χ3n) is 1.58. The topological polar surface area (TPSA) is 12.0 Å². The van der Waals surface area contributed by atoms with E-state index in [1.54, 1.807) is 6.07 Å². The lowest BCUT2D eigenvalue weighted by molar-refractivity contribution is 0.689. The van der Waals surface area contributed by atoms with E-state index in [1.165, 1.54) is 0 Å². The van der Waals surface area contributed by atoms with Crippen LogP contribution in [0.5, 0.6) is 0 Å². The maximum Gasteiger partial charge on any atom is 0.0441 e. The second-order valence-electron chi connectivity index (χ2n) is 3.43. The van der Waals surface area contributed by atoms with Gasteiger partial charge in [0.15, 0.2) is 0 Å². The summed E-state index contributed by atoms with van der Waals surface area (Å²) in [5.74, 6) is 0.609. The second-order valence-corrected chi connectivity index (χ2v) is 4.31. The molecule has 0 spiro atoms. The minimum Gasteiger partial charge on any atom is -0.385 e. The Morgan fingerprint density at radius 3 is 2.15 bits per heavy atom. The number of benzene rings is 1. The minimum absolute atomic E-state index is 0.609. The molecule has 72 valence electrons. The van der Waals surface area contributed by atoms with Crippen molar-refractivity contribution in [3.63, 3.8) is 0 Å². The first-order valence-electron chi connectivity index (χ1n) is 4.28. The van der Waals surface area contributed by atoms with E-state index < -0.39 is 0 Å². The molecule has 0 amide bonds. The normalized spacial score (nSPS) is 10.5. The largest absolute Gasteiger partial charge is 0.385 e. The maximum atomic E-state index is 5.84. The van der Waals surface area contributed by atoms with Gasteiger partial charge in [-0.2, -0.15) is 0 Å². The first-order valence-corrected chi connectivity index (χ1v) is 5.03. The van der Waals surface area contributed by atoms with Crippen molar-refractivity contribution >= 4 is 28.9 Å². The third kappa shape index (κ3) is 3.88. The van der Waals surface area contributed by atoms with Crippen LogP contribution in [-0.2, 0) is 0 Å². The third-order valence-corrected chi connectivity index (χ3v) is 2.01. The van der Waals surface area contributed by atoms with E-state index in [0.29, 0.717) is 16.0 Å². The van der Waals surface area contributed by atoms with Crippen molar-refractivity contribution in [3.05, 3.63) is 28.2 Å². The molecule has 1 N–H and O–H groups in total. The molecule has 0 aromatic heterocycles. The first kappa shape index (κ1) is 10.7. The molecular formula is C10H13Cl2N. The lowest BCUT2D eigenvalue weighted by Gasteiger charge is -2.09. The van der Waals surface area contributed by atoms with Crippen LogP contribution < -0.4 is 5.32 Å². The van der Waals surface area contributed by atoms with Crippen molar-refractivity contribution in [2.75, 3.05) is 11.9 Å². The summed E-state index contributed by atoms with van der Waals surface area (Å²) in [5, 5.41) is 4.59. The van der Waals surface area contributed by atoms with Crippen molar-refractivity contribution in [2.45, 2.75) is 13.8 Å². The molecule has 0 atom stereocenters. The summed E-state index contributed by atoms with van der Waals surface area (Å²) in [5.41, 5.74) is 0.978. The van der Waals surface area contributed by atoms with Crippen LogP contribution in [0, 0.1) is 5.92 Å². The fourth-order valence-corrected chi connectivity index (χ4v) is 1.50. The Morgan fingerprint density at radius 2 is 1.69 bits per heavy atom. The van der Waals surface area contributed by atoms with Gasteiger partial charge in [0.25, 0.3) is 0 Å². The fraction of sp³-hybridized carbons (Fsp3) is 0.400. The van der Waals surface area contributed by atoms with Crippen LogP contribution in [0.25, 0.3) is 0 Å². The molecule has 1 nitrogen and oxygen atoms in total. The Bertz CT molecular complexity index is 264. The van der Waals surface area contributed by atoms with Crippen molar-refractivity contribution in [3.8, 4) is 0 Å². The van der Waals surface area contributed by atoms with Crippen LogP contribution in [0.15, 0.2) is 18.2 Å². The van der Waals surface area contributed by atoms with Crippen molar-refractivity contribution in [2.24, 2.45) is 5.92 Å². The van der Waals surface area contributed by atoms with E-state index in [4.69, 9.17) is 23.2 Å². The van der Waals surface area contributed by atoms with Crippen LogP contribution in [0.1, 0.15) is 13.8 Å². The minimum atomic E-state index is 0.609. The highest BCUT2D eigenvalue weighted by Crippen LogP contribution is 2.22. The number of hydrogen-bond acceptors (Lipinski definition) is 1. The molecule has 1 aromatic rings. The highest BCUT2D eigenvalue weighted by Gasteiger charge is 1.98. The summed E-state index contributed by atoms with van der Waals surface area (Å²) < 4.78 is 0. The number of nitrogens with one attached hydrogen (secondary N) is 1. The van der Waals surface area contributed by atoms with E-state index in [9.17, 15) is 0 Å². The smallest absolute Gasteiger partial charge is 0.0441 e. The van der Waals surface area contributed by atoms with Gasteiger partial charge >= 0.3 is 0 Å². The average Bonchev–Trinajstić information content (AvgIpc) is 1.99. The molecule has 0 bridgehead atoms. The van der Waals surface area contributed by atoms with Gasteiger partial charge in [0.05, 0.1) is 0 Å². The highest BCUT2D eigenvalue weighted by molar-refractivity contribution is 6.35. The molecule has 13 heavy (non-hydrogen) atoms. The Kier molecular flexibility index (Phi) is 3.89. The molecular weight excluding hydrogens is 205 g/mol. The predicted octanol–water partition coefficient (Wildman–Crippen LogP) is 4.06. The molecule has 0 aliphatic rings. The zero-order chi connectivity index (χ0) is 9.84. The highest BCUT2D eigenvalue weighted by atomic mass is 35.5. The lowest BCUT2D eigenvalue weighted by atomic mass is 10.2. The molecule has 1 rings (SSSR count). The van der Waals surface area contributed by atoms with Crippen LogP contribution in [0.4, 0.5) is 5.69 Å². The van der Waals surface area contributed by atoms with Gasteiger partial charge in [0, 0.05) is 22.3 Å². The number of rotatable bonds is 3. The van der Waals surface area contributed by atoms with Gasteiger partial charge in [-0.3, -0.25) is 0 Å².